The van der Waals surface area contributed by atoms with E-state index < -0.39 is 0 Å². The molecule has 1 amide bonds. The molecule has 0 aliphatic carbocycles. The quantitative estimate of drug-likeness (QED) is 0.600. The van der Waals surface area contributed by atoms with Crippen molar-refractivity contribution in [3.8, 4) is 0 Å². The van der Waals surface area contributed by atoms with Crippen LogP contribution in [0.15, 0.2) is 0 Å². The predicted molar refractivity (Wildman–Crippen MR) is 69.2 cm³/mol. The van der Waals surface area contributed by atoms with Crippen LogP contribution in [0.4, 0.5) is 0 Å². The third kappa shape index (κ3) is 3.32. The van der Waals surface area contributed by atoms with Crippen molar-refractivity contribution >= 4 is 45.2 Å². The van der Waals surface area contributed by atoms with Gasteiger partial charge < -0.3 is 5.32 Å². The molecule has 2 unspecified atom stereocenters. The van der Waals surface area contributed by atoms with E-state index in [-0.39, 0.29) is 21.7 Å². The average Bonchev–Trinajstić information content (AvgIpc) is 2.49. The smallest absolute Gasteiger partial charge is 0.216 e. The fourth-order valence-electron chi connectivity index (χ4n) is 1.38. The monoisotopic (exact) mass is 265 g/mol. The largest absolute Gasteiger partial charge is 0.356 e. The van der Waals surface area contributed by atoms with Gasteiger partial charge in [-0.05, 0) is 13.3 Å². The molecule has 1 rings (SSSR count). The van der Waals surface area contributed by atoms with E-state index >= 15 is 0 Å². The number of hydrogen-bond acceptors (Lipinski definition) is 4. The third-order valence-electron chi connectivity index (χ3n) is 2.52. The Morgan fingerprint density at radius 2 is 2.27 bits per heavy atom. The lowest BCUT2D eigenvalue weighted by atomic mass is 9.88. The number of rotatable bonds is 4. The zero-order valence-electron chi connectivity index (χ0n) is 8.78. The summed E-state index contributed by atoms with van der Waals surface area (Å²) in [6, 6.07) is 0. The second-order valence-electron chi connectivity index (χ2n) is 3.84. The Morgan fingerprint density at radius 1 is 1.60 bits per heavy atom. The summed E-state index contributed by atoms with van der Waals surface area (Å²) in [5, 5.41) is 2.95. The molecule has 0 bridgehead atoms. The summed E-state index contributed by atoms with van der Waals surface area (Å²) < 4.78 is 0. The van der Waals surface area contributed by atoms with Crippen LogP contribution < -0.4 is 5.32 Å². The van der Waals surface area contributed by atoms with E-state index in [1.54, 1.807) is 21.6 Å². The molecular weight excluding hydrogens is 250 g/mol. The summed E-state index contributed by atoms with van der Waals surface area (Å²) in [6.45, 7) is 4.08. The van der Waals surface area contributed by atoms with Gasteiger partial charge in [0.1, 0.15) is 0 Å². The molecule has 3 nitrogen and oxygen atoms in total. The first-order valence-corrected chi connectivity index (χ1v) is 7.56. The first kappa shape index (κ1) is 13.3. The normalized spacial score (nSPS) is 30.2. The van der Waals surface area contributed by atoms with Gasteiger partial charge in [0, 0.05) is 24.5 Å². The lowest BCUT2D eigenvalue weighted by Crippen LogP contribution is -2.36. The summed E-state index contributed by atoms with van der Waals surface area (Å²) >= 11 is 3.95. The van der Waals surface area contributed by atoms with E-state index in [4.69, 9.17) is 0 Å². The Morgan fingerprint density at radius 3 is 2.80 bits per heavy atom. The molecule has 0 saturated carbocycles. The number of nitrogens with one attached hydrogen (secondary N) is 1. The molecule has 15 heavy (non-hydrogen) atoms. The van der Waals surface area contributed by atoms with Crippen molar-refractivity contribution < 1.29 is 9.59 Å². The molecule has 0 spiro atoms. The van der Waals surface area contributed by atoms with Gasteiger partial charge in [0.15, 0.2) is 5.12 Å². The van der Waals surface area contributed by atoms with Gasteiger partial charge in [0.2, 0.25) is 5.91 Å². The maximum absolute atomic E-state index is 11.4. The van der Waals surface area contributed by atoms with E-state index in [2.05, 4.69) is 17.9 Å². The molecule has 1 N–H and O–H groups in total. The van der Waals surface area contributed by atoms with Gasteiger partial charge in [-0.1, -0.05) is 21.6 Å². The molecule has 0 aromatic heterocycles. The molecular formula is C9H15NO2S3. The molecule has 86 valence electrons. The van der Waals surface area contributed by atoms with Gasteiger partial charge in [-0.3, -0.25) is 9.59 Å². The molecule has 1 aliphatic heterocycles. The van der Waals surface area contributed by atoms with E-state index in [0.29, 0.717) is 6.54 Å². The van der Waals surface area contributed by atoms with Gasteiger partial charge in [0.05, 0.1) is 5.41 Å². The van der Waals surface area contributed by atoms with E-state index in [1.807, 2.05) is 6.92 Å². The maximum Gasteiger partial charge on any atom is 0.216 e. The van der Waals surface area contributed by atoms with Crippen LogP contribution in [0.3, 0.4) is 0 Å². The van der Waals surface area contributed by atoms with Crippen LogP contribution >= 0.6 is 34.2 Å². The van der Waals surface area contributed by atoms with Crippen molar-refractivity contribution in [3.05, 3.63) is 0 Å². The summed E-state index contributed by atoms with van der Waals surface area (Å²) in [4.78, 5) is 22.1. The number of carbonyl (C=O) groups is 2. The van der Waals surface area contributed by atoms with Crippen LogP contribution in [0.2, 0.25) is 0 Å². The predicted octanol–water partition coefficient (Wildman–Crippen LogP) is 1.74. The van der Waals surface area contributed by atoms with Crippen LogP contribution in [0, 0.1) is 5.41 Å². The Hall–Kier alpha value is 0.190. The van der Waals surface area contributed by atoms with Crippen LogP contribution in [0.1, 0.15) is 20.3 Å². The molecule has 6 heteroatoms. The fourth-order valence-corrected chi connectivity index (χ4v) is 5.70. The highest BCUT2D eigenvalue weighted by Gasteiger charge is 2.44. The number of thiol groups is 1. The molecule has 2 atom stereocenters. The summed E-state index contributed by atoms with van der Waals surface area (Å²) in [7, 11) is 3.44. The van der Waals surface area contributed by atoms with Crippen LogP contribution in [0.5, 0.6) is 0 Å². The number of carbonyl (C=O) groups excluding carboxylic acids is 2. The highest BCUT2D eigenvalue weighted by Crippen LogP contribution is 2.51. The Balaban J connectivity index is 2.47. The van der Waals surface area contributed by atoms with Crippen molar-refractivity contribution in [1.82, 2.24) is 5.32 Å². The van der Waals surface area contributed by atoms with E-state index in [9.17, 15) is 9.59 Å². The first-order chi connectivity index (χ1) is 6.97. The molecule has 1 saturated heterocycles. The topological polar surface area (TPSA) is 46.2 Å². The van der Waals surface area contributed by atoms with Gasteiger partial charge in [-0.15, -0.1) is 12.6 Å². The van der Waals surface area contributed by atoms with Crippen molar-refractivity contribution in [2.45, 2.75) is 25.5 Å². The third-order valence-corrected chi connectivity index (χ3v) is 6.33. The zero-order valence-corrected chi connectivity index (χ0v) is 11.3. The Bertz CT molecular complexity index is 272. The summed E-state index contributed by atoms with van der Waals surface area (Å²) in [5.74, 6) is 0.787. The van der Waals surface area contributed by atoms with Gasteiger partial charge in [-0.2, -0.15) is 0 Å². The van der Waals surface area contributed by atoms with Crippen molar-refractivity contribution in [2.24, 2.45) is 5.41 Å². The minimum Gasteiger partial charge on any atom is -0.356 e. The summed E-state index contributed by atoms with van der Waals surface area (Å²) in [5.41, 5.74) is -0.350. The van der Waals surface area contributed by atoms with Crippen molar-refractivity contribution in [1.29, 1.82) is 0 Å². The van der Waals surface area contributed by atoms with Gasteiger partial charge >= 0.3 is 0 Å². The fraction of sp³-hybridized carbons (Fsp3) is 0.778. The highest BCUT2D eigenvalue weighted by molar-refractivity contribution is 8.77. The SMILES string of the molecule is CC(=O)NCCC1SSCC1(C)C(=O)S. The molecule has 1 fully saturated rings. The van der Waals surface area contributed by atoms with Crippen molar-refractivity contribution in [2.75, 3.05) is 12.3 Å². The highest BCUT2D eigenvalue weighted by atomic mass is 33.1. The second-order valence-corrected chi connectivity index (χ2v) is 6.82. The van der Waals surface area contributed by atoms with Gasteiger partial charge in [0.25, 0.3) is 0 Å². The lowest BCUT2D eigenvalue weighted by molar-refractivity contribution is -0.118. The Kier molecular flexibility index (Phi) is 4.86. The molecule has 0 radical (unpaired) electrons. The maximum atomic E-state index is 11.4. The minimum atomic E-state index is -0.350. The Labute approximate surface area is 103 Å². The first-order valence-electron chi connectivity index (χ1n) is 4.73. The number of amides is 1. The van der Waals surface area contributed by atoms with E-state index in [1.165, 1.54) is 6.92 Å². The van der Waals surface area contributed by atoms with Crippen LogP contribution in [0.25, 0.3) is 0 Å². The van der Waals surface area contributed by atoms with E-state index in [0.717, 1.165) is 12.2 Å². The van der Waals surface area contributed by atoms with Crippen LogP contribution in [-0.4, -0.2) is 28.6 Å². The van der Waals surface area contributed by atoms with Crippen molar-refractivity contribution in [3.63, 3.8) is 0 Å². The lowest BCUT2D eigenvalue weighted by Gasteiger charge is -2.25. The number of hydrogen-bond donors (Lipinski definition) is 2. The molecule has 0 aromatic rings. The standard InChI is InChI=1S/C9H15NO2S3/c1-6(11)10-4-3-7-9(2,8(12)13)5-14-15-7/h7H,3-5H2,1-2H3,(H,10,11)(H,12,13). The second kappa shape index (κ2) is 5.50. The van der Waals surface area contributed by atoms with Crippen LogP contribution in [-0.2, 0) is 9.59 Å². The van der Waals surface area contributed by atoms with Gasteiger partial charge in [-0.25, -0.2) is 0 Å². The minimum absolute atomic E-state index is 0.0236. The summed E-state index contributed by atoms with van der Waals surface area (Å²) in [6.07, 6.45) is 0.819. The molecule has 1 heterocycles. The average molecular weight is 265 g/mol. The zero-order chi connectivity index (χ0) is 11.5. The molecule has 1 aliphatic rings. The molecule has 0 aromatic carbocycles.